The Balaban J connectivity index is 2.61. The van der Waals surface area contributed by atoms with E-state index in [2.05, 4.69) is 15.2 Å². The smallest absolute Gasteiger partial charge is 0.230 e. The number of aromatic nitrogens is 4. The van der Waals surface area contributed by atoms with Crippen LogP contribution < -0.4 is 0 Å². The Labute approximate surface area is 90.5 Å². The van der Waals surface area contributed by atoms with Crippen LogP contribution in [0, 0.1) is 6.92 Å². The van der Waals surface area contributed by atoms with E-state index >= 15 is 0 Å². The van der Waals surface area contributed by atoms with E-state index in [1.54, 1.807) is 10.6 Å². The summed E-state index contributed by atoms with van der Waals surface area (Å²) in [6.45, 7) is 2.02. The first-order valence-corrected chi connectivity index (χ1v) is 4.89. The van der Waals surface area contributed by atoms with Crippen LogP contribution in [0.25, 0.3) is 16.7 Å². The molecule has 1 aromatic carbocycles. The minimum atomic E-state index is 0.364. The van der Waals surface area contributed by atoms with E-state index in [1.807, 2.05) is 25.1 Å². The highest BCUT2D eigenvalue weighted by Crippen LogP contribution is 2.18. The minimum absolute atomic E-state index is 0.364. The van der Waals surface area contributed by atoms with Crippen molar-refractivity contribution >= 4 is 28.3 Å². The third kappa shape index (κ3) is 1.18. The van der Waals surface area contributed by atoms with Gasteiger partial charge in [0.05, 0.1) is 17.2 Å². The maximum absolute atomic E-state index is 5.97. The molecule has 0 amide bonds. The summed E-state index contributed by atoms with van der Waals surface area (Å²) >= 11 is 5.97. The van der Waals surface area contributed by atoms with E-state index in [-0.39, 0.29) is 0 Å². The maximum Gasteiger partial charge on any atom is 0.230 e. The topological polar surface area (TPSA) is 43.1 Å². The molecule has 0 atom stereocenters. The van der Waals surface area contributed by atoms with Crippen LogP contribution in [0.1, 0.15) is 5.56 Å². The lowest BCUT2D eigenvalue weighted by molar-refractivity contribution is 1.11. The van der Waals surface area contributed by atoms with E-state index in [4.69, 9.17) is 11.6 Å². The molecule has 0 saturated heterocycles. The van der Waals surface area contributed by atoms with E-state index in [9.17, 15) is 0 Å². The standard InChI is InChI=1S/C10H7ClN4/c1-6-2-3-7-8(4-6)15-9(5-12-7)13-14-10(15)11/h2-5H,1H3. The van der Waals surface area contributed by atoms with Crippen molar-refractivity contribution in [2.45, 2.75) is 6.92 Å². The lowest BCUT2D eigenvalue weighted by Crippen LogP contribution is -1.91. The first-order valence-electron chi connectivity index (χ1n) is 4.52. The van der Waals surface area contributed by atoms with E-state index in [0.717, 1.165) is 16.6 Å². The molecule has 0 spiro atoms. The number of aryl methyl sites for hydroxylation is 1. The number of hydrogen-bond donors (Lipinski definition) is 0. The highest BCUT2D eigenvalue weighted by molar-refractivity contribution is 6.28. The molecule has 3 rings (SSSR count). The second-order valence-corrected chi connectivity index (χ2v) is 3.75. The zero-order chi connectivity index (χ0) is 10.4. The zero-order valence-electron chi connectivity index (χ0n) is 7.98. The zero-order valence-corrected chi connectivity index (χ0v) is 8.73. The molecule has 15 heavy (non-hydrogen) atoms. The molecule has 4 nitrogen and oxygen atoms in total. The number of halogens is 1. The molecule has 0 fully saturated rings. The molecule has 5 heteroatoms. The highest BCUT2D eigenvalue weighted by atomic mass is 35.5. The summed E-state index contributed by atoms with van der Waals surface area (Å²) in [5.41, 5.74) is 3.64. The summed E-state index contributed by atoms with van der Waals surface area (Å²) in [7, 11) is 0. The Bertz CT molecular complexity index is 659. The van der Waals surface area contributed by atoms with Gasteiger partial charge in [0, 0.05) is 0 Å². The first kappa shape index (κ1) is 8.61. The second-order valence-electron chi connectivity index (χ2n) is 3.41. The monoisotopic (exact) mass is 218 g/mol. The molecule has 2 aromatic heterocycles. The summed E-state index contributed by atoms with van der Waals surface area (Å²) in [5, 5.41) is 8.09. The fourth-order valence-electron chi connectivity index (χ4n) is 1.63. The van der Waals surface area contributed by atoms with Gasteiger partial charge in [-0.05, 0) is 36.2 Å². The van der Waals surface area contributed by atoms with E-state index in [1.165, 1.54) is 0 Å². The predicted molar refractivity (Wildman–Crippen MR) is 58.0 cm³/mol. The van der Waals surface area contributed by atoms with Crippen LogP contribution in [-0.4, -0.2) is 19.6 Å². The molecule has 0 radical (unpaired) electrons. The lowest BCUT2D eigenvalue weighted by atomic mass is 10.2. The largest absolute Gasteiger partial charge is 0.263 e. The molecule has 2 heterocycles. The van der Waals surface area contributed by atoms with Crippen molar-refractivity contribution < 1.29 is 0 Å². The molecular weight excluding hydrogens is 212 g/mol. The van der Waals surface area contributed by atoms with Crippen molar-refractivity contribution in [2.24, 2.45) is 0 Å². The molecule has 3 aromatic rings. The normalized spacial score (nSPS) is 11.3. The molecule has 0 unspecified atom stereocenters. The van der Waals surface area contributed by atoms with Crippen LogP contribution in [0.2, 0.25) is 5.28 Å². The van der Waals surface area contributed by atoms with Gasteiger partial charge in [0.15, 0.2) is 5.65 Å². The van der Waals surface area contributed by atoms with Crippen molar-refractivity contribution in [2.75, 3.05) is 0 Å². The molecule has 0 saturated carbocycles. The fraction of sp³-hybridized carbons (Fsp3) is 0.100. The quantitative estimate of drug-likeness (QED) is 0.581. The van der Waals surface area contributed by atoms with Gasteiger partial charge in [-0.25, -0.2) is 0 Å². The highest BCUT2D eigenvalue weighted by Gasteiger charge is 2.07. The van der Waals surface area contributed by atoms with Gasteiger partial charge in [0.2, 0.25) is 5.28 Å². The van der Waals surface area contributed by atoms with Gasteiger partial charge in [-0.2, -0.15) is 0 Å². The second kappa shape index (κ2) is 2.90. The van der Waals surface area contributed by atoms with Crippen molar-refractivity contribution in [3.63, 3.8) is 0 Å². The van der Waals surface area contributed by atoms with Crippen molar-refractivity contribution in [1.29, 1.82) is 0 Å². The Morgan fingerprint density at radius 1 is 1.27 bits per heavy atom. The fourth-order valence-corrected chi connectivity index (χ4v) is 1.85. The average molecular weight is 219 g/mol. The molecule has 0 aliphatic rings. The van der Waals surface area contributed by atoms with Crippen LogP contribution >= 0.6 is 11.6 Å². The lowest BCUT2D eigenvalue weighted by Gasteiger charge is -2.01. The molecule has 0 N–H and O–H groups in total. The minimum Gasteiger partial charge on any atom is -0.263 e. The van der Waals surface area contributed by atoms with Crippen LogP contribution in [0.3, 0.4) is 0 Å². The van der Waals surface area contributed by atoms with Crippen molar-refractivity contribution in [3.8, 4) is 0 Å². The molecular formula is C10H7ClN4. The number of fused-ring (bicyclic) bond motifs is 3. The predicted octanol–water partition coefficient (Wildman–Crippen LogP) is 2.24. The van der Waals surface area contributed by atoms with Crippen LogP contribution in [0.4, 0.5) is 0 Å². The first-order chi connectivity index (χ1) is 7.25. The van der Waals surface area contributed by atoms with Crippen LogP contribution in [-0.2, 0) is 0 Å². The maximum atomic E-state index is 5.97. The number of rotatable bonds is 0. The van der Waals surface area contributed by atoms with Gasteiger partial charge in [-0.1, -0.05) is 6.07 Å². The Morgan fingerprint density at radius 2 is 2.13 bits per heavy atom. The Kier molecular flexibility index (Phi) is 1.67. The molecule has 74 valence electrons. The molecule has 0 bridgehead atoms. The Morgan fingerprint density at radius 3 is 3.00 bits per heavy atom. The van der Waals surface area contributed by atoms with E-state index in [0.29, 0.717) is 10.9 Å². The third-order valence-electron chi connectivity index (χ3n) is 2.34. The van der Waals surface area contributed by atoms with E-state index < -0.39 is 0 Å². The van der Waals surface area contributed by atoms with Crippen LogP contribution in [0.5, 0.6) is 0 Å². The number of benzene rings is 1. The summed E-state index contributed by atoms with van der Waals surface area (Å²) in [6, 6.07) is 5.99. The van der Waals surface area contributed by atoms with Gasteiger partial charge >= 0.3 is 0 Å². The van der Waals surface area contributed by atoms with Crippen molar-refractivity contribution in [1.82, 2.24) is 19.6 Å². The summed E-state index contributed by atoms with van der Waals surface area (Å²) in [5.74, 6) is 0. The summed E-state index contributed by atoms with van der Waals surface area (Å²) in [4.78, 5) is 4.28. The van der Waals surface area contributed by atoms with Gasteiger partial charge in [0.1, 0.15) is 0 Å². The Hall–Kier alpha value is -1.68. The number of nitrogens with zero attached hydrogens (tertiary/aromatic N) is 4. The third-order valence-corrected chi connectivity index (χ3v) is 2.58. The van der Waals surface area contributed by atoms with Gasteiger partial charge in [0.25, 0.3) is 0 Å². The van der Waals surface area contributed by atoms with Crippen LogP contribution in [0.15, 0.2) is 24.4 Å². The van der Waals surface area contributed by atoms with Gasteiger partial charge in [-0.15, -0.1) is 10.2 Å². The van der Waals surface area contributed by atoms with Crippen molar-refractivity contribution in [3.05, 3.63) is 35.2 Å². The summed E-state index contributed by atoms with van der Waals surface area (Å²) in [6.07, 6.45) is 1.66. The molecule has 0 aliphatic carbocycles. The van der Waals surface area contributed by atoms with Gasteiger partial charge in [-0.3, -0.25) is 9.38 Å². The van der Waals surface area contributed by atoms with Gasteiger partial charge < -0.3 is 0 Å². The average Bonchev–Trinajstić information content (AvgIpc) is 2.60. The summed E-state index contributed by atoms with van der Waals surface area (Å²) < 4.78 is 1.79. The molecule has 0 aliphatic heterocycles. The SMILES string of the molecule is Cc1ccc2ncc3nnc(Cl)n3c2c1. The number of hydrogen-bond acceptors (Lipinski definition) is 3.